The fraction of sp³-hybridized carbons (Fsp3) is 0.455. The summed E-state index contributed by atoms with van der Waals surface area (Å²) in [5.74, 6) is 0. The van der Waals surface area contributed by atoms with Crippen molar-refractivity contribution in [2.75, 3.05) is 13.2 Å². The molecule has 0 amide bonds. The Morgan fingerprint density at radius 2 is 2.13 bits per heavy atom. The molecule has 0 fully saturated rings. The zero-order valence-electron chi connectivity index (χ0n) is 8.69. The lowest BCUT2D eigenvalue weighted by Gasteiger charge is -2.19. The molecule has 0 heterocycles. The minimum absolute atomic E-state index is 0.186. The van der Waals surface area contributed by atoms with Crippen LogP contribution in [0.3, 0.4) is 0 Å². The van der Waals surface area contributed by atoms with Crippen molar-refractivity contribution >= 4 is 27.7 Å². The molecule has 0 spiro atoms. The molecule has 15 heavy (non-hydrogen) atoms. The molecule has 1 aromatic rings. The van der Waals surface area contributed by atoms with Gasteiger partial charge in [0.25, 0.3) is 0 Å². The number of hydrogen-bond acceptors (Lipinski definition) is 3. The number of aliphatic hydroxyl groups is 1. The van der Waals surface area contributed by atoms with E-state index in [1.54, 1.807) is 11.8 Å². The molecule has 2 nitrogen and oxygen atoms in total. The first-order valence-electron chi connectivity index (χ1n) is 4.89. The summed E-state index contributed by atoms with van der Waals surface area (Å²) in [6.07, 6.45) is 0. The van der Waals surface area contributed by atoms with Crippen LogP contribution in [0.4, 0.5) is 0 Å². The lowest BCUT2D eigenvalue weighted by molar-refractivity contribution is 0.300. The first-order valence-corrected chi connectivity index (χ1v) is 6.63. The molecule has 0 bridgehead atoms. The Bertz CT molecular complexity index is 308. The Kier molecular flexibility index (Phi) is 5.68. The van der Waals surface area contributed by atoms with Gasteiger partial charge in [-0.25, -0.2) is 0 Å². The summed E-state index contributed by atoms with van der Waals surface area (Å²) in [5.41, 5.74) is 6.95. The Balaban J connectivity index is 2.78. The highest BCUT2D eigenvalue weighted by molar-refractivity contribution is 9.10. The molecular weight excluding hydrogens is 274 g/mol. The fourth-order valence-electron chi connectivity index (χ4n) is 1.32. The van der Waals surface area contributed by atoms with Gasteiger partial charge in [-0.3, -0.25) is 0 Å². The molecule has 2 atom stereocenters. The van der Waals surface area contributed by atoms with Crippen molar-refractivity contribution in [1.29, 1.82) is 0 Å². The molecule has 3 N–H and O–H groups in total. The van der Waals surface area contributed by atoms with Crippen LogP contribution in [-0.2, 0) is 0 Å². The Morgan fingerprint density at radius 1 is 1.47 bits per heavy atom. The van der Waals surface area contributed by atoms with Crippen molar-refractivity contribution in [2.24, 2.45) is 5.73 Å². The van der Waals surface area contributed by atoms with E-state index in [-0.39, 0.29) is 17.1 Å². The van der Waals surface area contributed by atoms with Crippen LogP contribution in [0.2, 0.25) is 0 Å². The average Bonchev–Trinajstić information content (AvgIpc) is 2.26. The minimum Gasteiger partial charge on any atom is -0.395 e. The molecule has 0 radical (unpaired) electrons. The monoisotopic (exact) mass is 289 g/mol. The van der Waals surface area contributed by atoms with Crippen molar-refractivity contribution in [2.45, 2.75) is 17.4 Å². The third kappa shape index (κ3) is 3.79. The fourth-order valence-corrected chi connectivity index (χ4v) is 3.14. The van der Waals surface area contributed by atoms with Crippen molar-refractivity contribution < 1.29 is 5.11 Å². The third-order valence-electron chi connectivity index (χ3n) is 2.12. The Labute approximate surface area is 103 Å². The summed E-state index contributed by atoms with van der Waals surface area (Å²) >= 11 is 5.23. The summed E-state index contributed by atoms with van der Waals surface area (Å²) < 4.78 is 1.08. The highest BCUT2D eigenvalue weighted by Crippen LogP contribution is 2.35. The van der Waals surface area contributed by atoms with Gasteiger partial charge in [-0.05, 0) is 11.6 Å². The topological polar surface area (TPSA) is 46.2 Å². The van der Waals surface area contributed by atoms with Crippen LogP contribution in [0.5, 0.6) is 0 Å². The second-order valence-electron chi connectivity index (χ2n) is 3.38. The maximum absolute atomic E-state index is 9.02. The van der Waals surface area contributed by atoms with Gasteiger partial charge in [-0.1, -0.05) is 41.1 Å². The zero-order valence-corrected chi connectivity index (χ0v) is 11.1. The van der Waals surface area contributed by atoms with E-state index in [4.69, 9.17) is 10.8 Å². The summed E-state index contributed by atoms with van der Waals surface area (Å²) in [4.78, 5) is 0. The standard InChI is InChI=1S/C11H16BrNOS/c1-8(7-14)15-11(6-13)9-4-2-3-5-10(9)12/h2-5,8,11,14H,6-7,13H2,1H3. The van der Waals surface area contributed by atoms with E-state index >= 15 is 0 Å². The first-order chi connectivity index (χ1) is 7.19. The van der Waals surface area contributed by atoms with Crippen LogP contribution in [0.1, 0.15) is 17.7 Å². The van der Waals surface area contributed by atoms with Crippen LogP contribution >= 0.6 is 27.7 Å². The number of nitrogens with two attached hydrogens (primary N) is 1. The number of thioether (sulfide) groups is 1. The molecule has 84 valence electrons. The number of rotatable bonds is 5. The van der Waals surface area contributed by atoms with Gasteiger partial charge in [0.15, 0.2) is 0 Å². The van der Waals surface area contributed by atoms with Crippen LogP contribution < -0.4 is 5.73 Å². The Hall–Kier alpha value is -0.0300. The summed E-state index contributed by atoms with van der Waals surface area (Å²) in [5, 5.41) is 9.47. The predicted molar refractivity (Wildman–Crippen MR) is 70.1 cm³/mol. The minimum atomic E-state index is 0.186. The second-order valence-corrected chi connectivity index (χ2v) is 5.88. The molecule has 4 heteroatoms. The third-order valence-corrected chi connectivity index (χ3v) is 4.23. The van der Waals surface area contributed by atoms with Crippen LogP contribution in [0.15, 0.2) is 28.7 Å². The molecular formula is C11H16BrNOS. The number of halogens is 1. The van der Waals surface area contributed by atoms with Gasteiger partial charge in [0.05, 0.1) is 6.61 Å². The quantitative estimate of drug-likeness (QED) is 0.876. The predicted octanol–water partition coefficient (Wildman–Crippen LogP) is 2.56. The van der Waals surface area contributed by atoms with E-state index in [1.807, 2.05) is 25.1 Å². The molecule has 0 aliphatic rings. The molecule has 0 saturated carbocycles. The van der Waals surface area contributed by atoms with E-state index in [0.717, 1.165) is 4.47 Å². The summed E-state index contributed by atoms with van der Waals surface area (Å²) in [6, 6.07) is 8.08. The first kappa shape index (κ1) is 13.0. The smallest absolute Gasteiger partial charge is 0.0547 e. The number of aliphatic hydroxyl groups excluding tert-OH is 1. The van der Waals surface area contributed by atoms with E-state index in [1.165, 1.54) is 5.56 Å². The lowest BCUT2D eigenvalue weighted by Crippen LogP contribution is -2.14. The summed E-state index contributed by atoms with van der Waals surface area (Å²) in [7, 11) is 0. The van der Waals surface area contributed by atoms with Crippen molar-refractivity contribution in [3.05, 3.63) is 34.3 Å². The molecule has 1 rings (SSSR count). The largest absolute Gasteiger partial charge is 0.395 e. The zero-order chi connectivity index (χ0) is 11.3. The second kappa shape index (κ2) is 6.53. The van der Waals surface area contributed by atoms with E-state index < -0.39 is 0 Å². The van der Waals surface area contributed by atoms with Crippen molar-refractivity contribution in [3.8, 4) is 0 Å². The maximum atomic E-state index is 9.02. The van der Waals surface area contributed by atoms with Gasteiger partial charge in [0.2, 0.25) is 0 Å². The van der Waals surface area contributed by atoms with Crippen molar-refractivity contribution in [1.82, 2.24) is 0 Å². The van der Waals surface area contributed by atoms with Gasteiger partial charge in [0.1, 0.15) is 0 Å². The highest BCUT2D eigenvalue weighted by atomic mass is 79.9. The molecule has 2 unspecified atom stereocenters. The van der Waals surface area contributed by atoms with Gasteiger partial charge in [-0.15, -0.1) is 11.8 Å². The molecule has 0 saturated heterocycles. The van der Waals surface area contributed by atoms with E-state index in [9.17, 15) is 0 Å². The molecule has 0 aliphatic carbocycles. The number of benzene rings is 1. The summed E-state index contributed by atoms with van der Waals surface area (Å²) in [6.45, 7) is 2.77. The van der Waals surface area contributed by atoms with Gasteiger partial charge >= 0.3 is 0 Å². The lowest BCUT2D eigenvalue weighted by atomic mass is 10.1. The highest BCUT2D eigenvalue weighted by Gasteiger charge is 2.15. The molecule has 0 aliphatic heterocycles. The molecule has 0 aromatic heterocycles. The van der Waals surface area contributed by atoms with E-state index in [2.05, 4.69) is 22.0 Å². The van der Waals surface area contributed by atoms with Crippen LogP contribution in [0, 0.1) is 0 Å². The van der Waals surface area contributed by atoms with Crippen molar-refractivity contribution in [3.63, 3.8) is 0 Å². The van der Waals surface area contributed by atoms with Crippen LogP contribution in [0.25, 0.3) is 0 Å². The Morgan fingerprint density at radius 3 is 2.67 bits per heavy atom. The van der Waals surface area contributed by atoms with Gasteiger partial charge in [-0.2, -0.15) is 0 Å². The van der Waals surface area contributed by atoms with Gasteiger partial charge < -0.3 is 10.8 Å². The van der Waals surface area contributed by atoms with E-state index in [0.29, 0.717) is 6.54 Å². The van der Waals surface area contributed by atoms with Crippen LogP contribution in [-0.4, -0.2) is 23.5 Å². The number of hydrogen-bond donors (Lipinski definition) is 2. The normalized spacial score (nSPS) is 14.9. The SMILES string of the molecule is CC(CO)SC(CN)c1ccccc1Br. The maximum Gasteiger partial charge on any atom is 0.0547 e. The average molecular weight is 290 g/mol. The molecule has 1 aromatic carbocycles. The van der Waals surface area contributed by atoms with Gasteiger partial charge in [0, 0.05) is 21.5 Å².